The quantitative estimate of drug-likeness (QED) is 0.246. The zero-order chi connectivity index (χ0) is 31.7. The molecule has 4 N–H and O–H groups in total. The number of aliphatic hydroxyl groups is 1. The van der Waals surface area contributed by atoms with Crippen molar-refractivity contribution in [2.45, 2.75) is 89.8 Å². The Bertz CT molecular complexity index is 1290. The molecule has 0 radical (unpaired) electrons. The number of carbonyl (C=O) groups is 5. The molecular formula is C31H42N4O8. The van der Waals surface area contributed by atoms with Gasteiger partial charge in [-0.05, 0) is 29.9 Å². The lowest BCUT2D eigenvalue weighted by Gasteiger charge is -2.34. The standard InChI is InChI=1S/C31H42N4O8/c1-7-19-15-31(19,28(40)42-8-2)34-26(38)22-14-20(37)16-35(22)29(41)33-25(30(4,5)6)27(39)32-24-21-12-10-9-11-18(21)13-23(24)43-17(3)36/h7,9-12,19-20,22-25,37H,1,8,13-16H2,2-6H3,(H,32,39)(H,33,41)(H,34,38)/t19-,20-,22+,23?,24?,25?,31-/m1/s1. The fourth-order valence-electron chi connectivity index (χ4n) is 6.02. The summed E-state index contributed by atoms with van der Waals surface area (Å²) in [6.07, 6.45) is 0.725. The zero-order valence-corrected chi connectivity index (χ0v) is 25.3. The summed E-state index contributed by atoms with van der Waals surface area (Å²) >= 11 is 0. The summed E-state index contributed by atoms with van der Waals surface area (Å²) in [7, 11) is 0. The normalized spacial score (nSPS) is 28.2. The van der Waals surface area contributed by atoms with E-state index in [0.717, 1.165) is 11.1 Å². The minimum absolute atomic E-state index is 0.0355. The molecule has 12 nitrogen and oxygen atoms in total. The molecule has 1 aliphatic heterocycles. The van der Waals surface area contributed by atoms with Crippen molar-refractivity contribution in [2.24, 2.45) is 11.3 Å². The lowest BCUT2D eigenvalue weighted by Crippen LogP contribution is -2.60. The molecule has 2 fully saturated rings. The van der Waals surface area contributed by atoms with Crippen LogP contribution in [0.4, 0.5) is 4.79 Å². The van der Waals surface area contributed by atoms with Gasteiger partial charge in [0.2, 0.25) is 11.8 Å². The number of ether oxygens (including phenoxy) is 2. The van der Waals surface area contributed by atoms with Gasteiger partial charge in [-0.2, -0.15) is 0 Å². The first kappa shape index (κ1) is 32.0. The van der Waals surface area contributed by atoms with Gasteiger partial charge in [-0.1, -0.05) is 51.1 Å². The number of carbonyl (C=O) groups excluding carboxylic acids is 5. The predicted octanol–water partition coefficient (Wildman–Crippen LogP) is 1.52. The van der Waals surface area contributed by atoms with Crippen LogP contribution in [0, 0.1) is 11.3 Å². The topological polar surface area (TPSA) is 163 Å². The molecule has 12 heteroatoms. The van der Waals surface area contributed by atoms with Crippen molar-refractivity contribution in [1.82, 2.24) is 20.9 Å². The van der Waals surface area contributed by atoms with Gasteiger partial charge in [0, 0.05) is 32.2 Å². The van der Waals surface area contributed by atoms with E-state index >= 15 is 0 Å². The molecule has 2 aliphatic carbocycles. The van der Waals surface area contributed by atoms with Gasteiger partial charge in [-0.3, -0.25) is 14.4 Å². The number of urea groups is 1. The predicted molar refractivity (Wildman–Crippen MR) is 155 cm³/mol. The Morgan fingerprint density at radius 2 is 1.91 bits per heavy atom. The maximum atomic E-state index is 13.7. The molecule has 1 saturated carbocycles. The van der Waals surface area contributed by atoms with Crippen LogP contribution in [0.2, 0.25) is 0 Å². The van der Waals surface area contributed by atoms with Crippen molar-refractivity contribution < 1.29 is 38.6 Å². The molecule has 0 bridgehead atoms. The van der Waals surface area contributed by atoms with E-state index in [-0.39, 0.29) is 25.5 Å². The SMILES string of the molecule is C=C[C@@H]1C[C@]1(NC(=O)[C@@H]1C[C@@H](O)CN1C(=O)NC(C(=O)NC1c2ccccc2CC1OC(C)=O)C(C)(C)C)C(=O)OCC. The van der Waals surface area contributed by atoms with Crippen LogP contribution in [0.3, 0.4) is 0 Å². The third-order valence-electron chi connectivity index (χ3n) is 8.32. The third-order valence-corrected chi connectivity index (χ3v) is 8.32. The molecule has 43 heavy (non-hydrogen) atoms. The van der Waals surface area contributed by atoms with E-state index in [9.17, 15) is 29.1 Å². The minimum atomic E-state index is -1.26. The van der Waals surface area contributed by atoms with Crippen molar-refractivity contribution in [2.75, 3.05) is 13.2 Å². The summed E-state index contributed by atoms with van der Waals surface area (Å²) in [6.45, 7) is 12.1. The van der Waals surface area contributed by atoms with Crippen LogP contribution in [0.1, 0.15) is 64.6 Å². The van der Waals surface area contributed by atoms with Crippen LogP contribution in [0.5, 0.6) is 0 Å². The third kappa shape index (κ3) is 6.69. The van der Waals surface area contributed by atoms with Gasteiger partial charge in [0.05, 0.1) is 18.8 Å². The van der Waals surface area contributed by atoms with Crippen LogP contribution in [0.25, 0.3) is 0 Å². The molecule has 1 aromatic carbocycles. The lowest BCUT2D eigenvalue weighted by atomic mass is 9.86. The second-order valence-corrected chi connectivity index (χ2v) is 12.6. The van der Waals surface area contributed by atoms with E-state index in [1.54, 1.807) is 33.8 Å². The van der Waals surface area contributed by atoms with Crippen molar-refractivity contribution in [3.05, 3.63) is 48.0 Å². The highest BCUT2D eigenvalue weighted by molar-refractivity contribution is 5.96. The van der Waals surface area contributed by atoms with E-state index in [1.165, 1.54) is 11.8 Å². The van der Waals surface area contributed by atoms with Crippen LogP contribution in [-0.4, -0.2) is 82.8 Å². The van der Waals surface area contributed by atoms with Crippen LogP contribution < -0.4 is 16.0 Å². The average molecular weight is 599 g/mol. The Balaban J connectivity index is 1.50. The Labute approximate surface area is 251 Å². The van der Waals surface area contributed by atoms with Gasteiger partial charge in [-0.15, -0.1) is 6.58 Å². The number of rotatable bonds is 9. The Morgan fingerprint density at radius 3 is 2.51 bits per heavy atom. The van der Waals surface area contributed by atoms with Gasteiger partial charge in [-0.25, -0.2) is 9.59 Å². The molecule has 3 unspecified atom stereocenters. The second kappa shape index (κ2) is 12.4. The number of amides is 4. The van der Waals surface area contributed by atoms with E-state index in [0.29, 0.717) is 12.8 Å². The number of esters is 2. The van der Waals surface area contributed by atoms with Gasteiger partial charge in [0.25, 0.3) is 0 Å². The van der Waals surface area contributed by atoms with Crippen molar-refractivity contribution in [1.29, 1.82) is 0 Å². The number of likely N-dealkylation sites (tertiary alicyclic amines) is 1. The first-order chi connectivity index (χ1) is 20.2. The molecule has 3 aliphatic rings. The maximum absolute atomic E-state index is 13.7. The van der Waals surface area contributed by atoms with E-state index in [1.807, 2.05) is 24.3 Å². The largest absolute Gasteiger partial charge is 0.464 e. The molecule has 1 aromatic rings. The maximum Gasteiger partial charge on any atom is 0.332 e. The number of fused-ring (bicyclic) bond motifs is 1. The summed E-state index contributed by atoms with van der Waals surface area (Å²) in [5.41, 5.74) is -0.238. The summed E-state index contributed by atoms with van der Waals surface area (Å²) in [6, 6.07) is 4.04. The molecule has 1 saturated heterocycles. The Hall–Kier alpha value is -3.93. The first-order valence-corrected chi connectivity index (χ1v) is 14.6. The number of hydrogen-bond acceptors (Lipinski definition) is 8. The monoisotopic (exact) mass is 598 g/mol. The Morgan fingerprint density at radius 1 is 1.21 bits per heavy atom. The smallest absolute Gasteiger partial charge is 0.332 e. The summed E-state index contributed by atoms with van der Waals surface area (Å²) in [4.78, 5) is 66.4. The highest BCUT2D eigenvalue weighted by atomic mass is 16.5. The van der Waals surface area contributed by atoms with Crippen LogP contribution in [-0.2, 0) is 35.1 Å². The average Bonchev–Trinajstić information content (AvgIpc) is 3.34. The molecule has 1 heterocycles. The second-order valence-electron chi connectivity index (χ2n) is 12.6. The van der Waals surface area contributed by atoms with E-state index in [4.69, 9.17) is 9.47 Å². The lowest BCUT2D eigenvalue weighted by molar-refractivity contribution is -0.149. The summed E-state index contributed by atoms with van der Waals surface area (Å²) in [5, 5.41) is 18.9. The zero-order valence-electron chi connectivity index (χ0n) is 25.3. The van der Waals surface area contributed by atoms with Gasteiger partial charge < -0.3 is 35.4 Å². The fourth-order valence-corrected chi connectivity index (χ4v) is 6.02. The molecule has 4 rings (SSSR count). The number of hydrogen-bond donors (Lipinski definition) is 4. The molecule has 4 amide bonds. The van der Waals surface area contributed by atoms with E-state index in [2.05, 4.69) is 22.5 Å². The molecule has 0 aromatic heterocycles. The first-order valence-electron chi connectivity index (χ1n) is 14.6. The molecule has 7 atom stereocenters. The number of aliphatic hydroxyl groups excluding tert-OH is 1. The molecule has 0 spiro atoms. The van der Waals surface area contributed by atoms with Crippen molar-refractivity contribution in [3.63, 3.8) is 0 Å². The van der Waals surface area contributed by atoms with Gasteiger partial charge in [0.15, 0.2) is 0 Å². The van der Waals surface area contributed by atoms with Crippen molar-refractivity contribution >= 4 is 29.8 Å². The van der Waals surface area contributed by atoms with Gasteiger partial charge in [0.1, 0.15) is 23.7 Å². The number of nitrogens with zero attached hydrogens (tertiary/aromatic N) is 1. The van der Waals surface area contributed by atoms with Crippen LogP contribution in [0.15, 0.2) is 36.9 Å². The summed E-state index contributed by atoms with van der Waals surface area (Å²) in [5.74, 6) is -2.45. The molecular weight excluding hydrogens is 556 g/mol. The number of nitrogens with one attached hydrogen (secondary N) is 3. The fraction of sp³-hybridized carbons (Fsp3) is 0.581. The Kier molecular flexibility index (Phi) is 9.19. The van der Waals surface area contributed by atoms with Gasteiger partial charge >= 0.3 is 18.0 Å². The van der Waals surface area contributed by atoms with Crippen LogP contribution >= 0.6 is 0 Å². The summed E-state index contributed by atoms with van der Waals surface area (Å²) < 4.78 is 10.7. The van der Waals surface area contributed by atoms with E-state index < -0.39 is 71.1 Å². The minimum Gasteiger partial charge on any atom is -0.464 e. The van der Waals surface area contributed by atoms with Crippen molar-refractivity contribution in [3.8, 4) is 0 Å². The molecule has 234 valence electrons. The highest BCUT2D eigenvalue weighted by Crippen LogP contribution is 2.45. The number of benzene rings is 1. The highest BCUT2D eigenvalue weighted by Gasteiger charge is 2.62. The number of β-amino-alcohol motifs (C(OH)–C–C–N with tert-alkyl or cyclic N) is 1.